The predicted molar refractivity (Wildman–Crippen MR) is 111 cm³/mol. The van der Waals surface area contributed by atoms with Crippen molar-refractivity contribution in [2.45, 2.75) is 110 Å². The molecular weight excluding hydrogens is 328 g/mol. The number of rotatable bonds is 18. The zero-order valence-electron chi connectivity index (χ0n) is 17.7. The lowest BCUT2D eigenvalue weighted by Gasteiger charge is -2.14. The van der Waals surface area contributed by atoms with E-state index in [2.05, 4.69) is 6.92 Å². The van der Waals surface area contributed by atoms with Crippen LogP contribution in [0, 0.1) is 0 Å². The van der Waals surface area contributed by atoms with E-state index in [1.165, 1.54) is 88.4 Å². The van der Waals surface area contributed by atoms with Crippen LogP contribution < -0.4 is 6.15 Å². The summed E-state index contributed by atoms with van der Waals surface area (Å²) in [6.07, 6.45) is 20.1. The van der Waals surface area contributed by atoms with Crippen LogP contribution in [0.3, 0.4) is 0 Å². The fraction of sp³-hybridized carbons (Fsp3) is 0.905. The Morgan fingerprint density at radius 2 is 1.04 bits per heavy atom. The predicted octanol–water partition coefficient (Wildman–Crippen LogP) is 6.17. The summed E-state index contributed by atoms with van der Waals surface area (Å²) in [5.41, 5.74) is 0. The molecule has 0 fully saturated rings. The van der Waals surface area contributed by atoms with E-state index in [0.29, 0.717) is 6.42 Å². The first-order valence-corrected chi connectivity index (χ1v) is 10.5. The van der Waals surface area contributed by atoms with Gasteiger partial charge in [0.15, 0.2) is 0 Å². The third kappa shape index (κ3) is 19.2. The van der Waals surface area contributed by atoms with Gasteiger partial charge >= 0.3 is 5.97 Å². The summed E-state index contributed by atoms with van der Waals surface area (Å²) in [6, 6.07) is 0. The summed E-state index contributed by atoms with van der Waals surface area (Å²) in [6.45, 7) is 2.07. The molecule has 26 heavy (non-hydrogen) atoms. The van der Waals surface area contributed by atoms with E-state index in [9.17, 15) is 9.59 Å². The van der Waals surface area contributed by atoms with Gasteiger partial charge in [-0.1, -0.05) is 96.8 Å². The highest BCUT2D eigenvalue weighted by molar-refractivity contribution is 5.80. The fourth-order valence-electron chi connectivity index (χ4n) is 3.13. The topological polar surface area (TPSA) is 94.1 Å². The Kier molecular flexibility index (Phi) is 21.1. The first-order chi connectivity index (χ1) is 12.1. The monoisotopic (exact) mass is 373 g/mol. The number of hydrogen-bond donors (Lipinski definition) is 2. The molecule has 0 aliphatic carbocycles. The molecule has 0 saturated carbocycles. The molecular formula is C21H45N2O3+. The molecule has 1 amide bonds. The average Bonchev–Trinajstić information content (AvgIpc) is 2.57. The first-order valence-electron chi connectivity index (χ1n) is 10.5. The van der Waals surface area contributed by atoms with Gasteiger partial charge in [0.25, 0.3) is 0 Å². The molecule has 0 aromatic rings. The van der Waals surface area contributed by atoms with Crippen LogP contribution in [0.1, 0.15) is 110 Å². The Morgan fingerprint density at radius 3 is 1.38 bits per heavy atom. The molecule has 0 atom stereocenters. The lowest BCUT2D eigenvalue weighted by molar-refractivity contribution is -0.143. The van der Waals surface area contributed by atoms with Gasteiger partial charge in [-0.2, -0.15) is 0 Å². The van der Waals surface area contributed by atoms with Crippen LogP contribution in [-0.4, -0.2) is 35.5 Å². The molecule has 0 aromatic heterocycles. The maximum Gasteiger partial charge on any atom is 0.323 e. The molecule has 0 aliphatic rings. The van der Waals surface area contributed by atoms with Crippen molar-refractivity contribution in [3.63, 3.8) is 0 Å². The van der Waals surface area contributed by atoms with E-state index >= 15 is 0 Å². The molecule has 0 radical (unpaired) electrons. The summed E-state index contributed by atoms with van der Waals surface area (Å²) in [7, 11) is 1.56. The Balaban J connectivity index is 0. The van der Waals surface area contributed by atoms with E-state index in [1.54, 1.807) is 7.05 Å². The first kappa shape index (κ1) is 27.1. The number of likely N-dealkylation sites (N-methyl/N-ethyl adjacent to an activating group) is 1. The van der Waals surface area contributed by atoms with Gasteiger partial charge in [0, 0.05) is 13.5 Å². The minimum Gasteiger partial charge on any atom is -0.480 e. The largest absolute Gasteiger partial charge is 0.480 e. The number of hydrogen-bond acceptors (Lipinski definition) is 2. The van der Waals surface area contributed by atoms with Crippen molar-refractivity contribution in [1.82, 2.24) is 11.1 Å². The SMILES string of the molecule is CCCCCCCCCCCCCCCCCC(=O)N(C)CC(=O)O.[NH4+]. The van der Waals surface area contributed by atoms with Crippen LogP contribution in [0.5, 0.6) is 0 Å². The number of unbranched alkanes of at least 4 members (excludes halogenated alkanes) is 14. The van der Waals surface area contributed by atoms with E-state index in [-0.39, 0.29) is 18.6 Å². The molecule has 156 valence electrons. The number of carbonyl (C=O) groups is 2. The highest BCUT2D eigenvalue weighted by atomic mass is 16.4. The Labute approximate surface area is 161 Å². The summed E-state index contributed by atoms with van der Waals surface area (Å²) < 4.78 is 0. The zero-order chi connectivity index (χ0) is 18.8. The molecule has 0 spiro atoms. The molecule has 0 heterocycles. The number of aliphatic carboxylic acids is 1. The van der Waals surface area contributed by atoms with Gasteiger partial charge < -0.3 is 16.2 Å². The molecule has 0 bridgehead atoms. The lowest BCUT2D eigenvalue weighted by atomic mass is 10.0. The minimum atomic E-state index is -0.952. The van der Waals surface area contributed by atoms with Crippen molar-refractivity contribution >= 4 is 11.9 Å². The normalized spacial score (nSPS) is 10.4. The Hall–Kier alpha value is -1.10. The van der Waals surface area contributed by atoms with Gasteiger partial charge in [-0.3, -0.25) is 9.59 Å². The van der Waals surface area contributed by atoms with E-state index < -0.39 is 5.97 Å². The number of carboxylic acids is 1. The second-order valence-electron chi connectivity index (χ2n) is 7.34. The molecule has 5 heteroatoms. The zero-order valence-corrected chi connectivity index (χ0v) is 17.7. The lowest BCUT2D eigenvalue weighted by Crippen LogP contribution is -2.31. The molecule has 0 rings (SSSR count). The summed E-state index contributed by atoms with van der Waals surface area (Å²) in [5, 5.41) is 8.64. The quantitative estimate of drug-likeness (QED) is 0.281. The molecule has 0 aromatic carbocycles. The smallest absolute Gasteiger partial charge is 0.323 e. The van der Waals surface area contributed by atoms with Crippen LogP contribution >= 0.6 is 0 Å². The van der Waals surface area contributed by atoms with Gasteiger partial charge in [0.1, 0.15) is 6.54 Å². The van der Waals surface area contributed by atoms with E-state index in [0.717, 1.165) is 12.8 Å². The number of carbonyl (C=O) groups excluding carboxylic acids is 1. The molecule has 0 saturated heterocycles. The molecule has 0 aliphatic heterocycles. The van der Waals surface area contributed by atoms with Crippen molar-refractivity contribution in [2.75, 3.05) is 13.6 Å². The van der Waals surface area contributed by atoms with Crippen molar-refractivity contribution in [1.29, 1.82) is 0 Å². The standard InChI is InChI=1S/C21H41NO3.H3N/c1-3-4-5-6-7-8-9-10-11-12-13-14-15-16-17-18-20(23)22(2)19-21(24)25;/h3-19H2,1-2H3,(H,24,25);1H3/p+1. The van der Waals surface area contributed by atoms with Gasteiger partial charge in [0.2, 0.25) is 5.91 Å². The van der Waals surface area contributed by atoms with Crippen molar-refractivity contribution in [3.8, 4) is 0 Å². The third-order valence-corrected chi connectivity index (χ3v) is 4.79. The van der Waals surface area contributed by atoms with Gasteiger partial charge in [0.05, 0.1) is 0 Å². The Morgan fingerprint density at radius 1 is 0.692 bits per heavy atom. The van der Waals surface area contributed by atoms with Crippen LogP contribution in [0.15, 0.2) is 0 Å². The van der Waals surface area contributed by atoms with Crippen molar-refractivity contribution < 1.29 is 14.7 Å². The third-order valence-electron chi connectivity index (χ3n) is 4.79. The second-order valence-corrected chi connectivity index (χ2v) is 7.34. The fourth-order valence-corrected chi connectivity index (χ4v) is 3.13. The number of nitrogens with zero attached hydrogens (tertiary/aromatic N) is 1. The van der Waals surface area contributed by atoms with Crippen molar-refractivity contribution in [2.24, 2.45) is 0 Å². The van der Waals surface area contributed by atoms with Crippen LogP contribution in [0.4, 0.5) is 0 Å². The highest BCUT2D eigenvalue weighted by Crippen LogP contribution is 2.13. The van der Waals surface area contributed by atoms with Crippen molar-refractivity contribution in [3.05, 3.63) is 0 Å². The average molecular weight is 374 g/mol. The maximum absolute atomic E-state index is 11.7. The second kappa shape index (κ2) is 20.2. The van der Waals surface area contributed by atoms with Gasteiger partial charge in [-0.05, 0) is 6.42 Å². The molecule has 5 nitrogen and oxygen atoms in total. The Bertz CT molecular complexity index is 335. The van der Waals surface area contributed by atoms with Gasteiger partial charge in [-0.15, -0.1) is 0 Å². The maximum atomic E-state index is 11.7. The number of carboxylic acid groups (broad SMARTS) is 1. The van der Waals surface area contributed by atoms with Crippen LogP contribution in [-0.2, 0) is 9.59 Å². The van der Waals surface area contributed by atoms with E-state index in [1.807, 2.05) is 0 Å². The number of amides is 1. The van der Waals surface area contributed by atoms with Gasteiger partial charge in [-0.25, -0.2) is 0 Å². The van der Waals surface area contributed by atoms with E-state index in [4.69, 9.17) is 5.11 Å². The summed E-state index contributed by atoms with van der Waals surface area (Å²) in [4.78, 5) is 23.5. The van der Waals surface area contributed by atoms with Crippen LogP contribution in [0.2, 0.25) is 0 Å². The summed E-state index contributed by atoms with van der Waals surface area (Å²) in [5.74, 6) is -1.01. The minimum absolute atomic E-state index is 0. The van der Waals surface area contributed by atoms with Crippen LogP contribution in [0.25, 0.3) is 0 Å². The number of quaternary nitrogens is 1. The molecule has 0 unspecified atom stereocenters. The summed E-state index contributed by atoms with van der Waals surface area (Å²) >= 11 is 0. The highest BCUT2D eigenvalue weighted by Gasteiger charge is 2.10. The molecule has 5 N–H and O–H groups in total.